The molecule has 1 rings (SSSR count). The Bertz CT molecular complexity index is 357. The molecule has 0 amide bonds. The van der Waals surface area contributed by atoms with Gasteiger partial charge in [0.2, 0.25) is 0 Å². The lowest BCUT2D eigenvalue weighted by Gasteiger charge is -2.18. The van der Waals surface area contributed by atoms with Crippen LogP contribution in [0.15, 0.2) is 24.3 Å². The molecule has 1 atom stereocenters. The largest absolute Gasteiger partial charge is 0.508 e. The second-order valence-corrected chi connectivity index (χ2v) is 4.53. The van der Waals surface area contributed by atoms with E-state index in [0.29, 0.717) is 6.42 Å². The topological polar surface area (TPSA) is 49.3 Å². The van der Waals surface area contributed by atoms with Crippen molar-refractivity contribution in [2.75, 3.05) is 6.54 Å². The number of phenols is 1. The third kappa shape index (κ3) is 4.19. The molecule has 0 aliphatic heterocycles. The Labute approximate surface area is 103 Å². The Hall–Kier alpha value is -1.35. The van der Waals surface area contributed by atoms with Gasteiger partial charge in [0.1, 0.15) is 11.5 Å². The van der Waals surface area contributed by atoms with Crippen LogP contribution in [0.3, 0.4) is 0 Å². The van der Waals surface area contributed by atoms with E-state index in [-0.39, 0.29) is 23.5 Å². The average molecular weight is 235 g/mol. The number of nitrogens with one attached hydrogen (secondary N) is 1. The highest BCUT2D eigenvalue weighted by Gasteiger charge is 2.16. The second-order valence-electron chi connectivity index (χ2n) is 4.53. The van der Waals surface area contributed by atoms with Crippen LogP contribution >= 0.6 is 0 Å². The molecule has 0 spiro atoms. The molecule has 3 heteroatoms. The predicted molar refractivity (Wildman–Crippen MR) is 69.0 cm³/mol. The molecule has 0 aliphatic rings. The summed E-state index contributed by atoms with van der Waals surface area (Å²) in [5.74, 6) is 0.566. The van der Waals surface area contributed by atoms with Crippen LogP contribution in [0.5, 0.6) is 5.75 Å². The quantitative estimate of drug-likeness (QED) is 0.797. The van der Waals surface area contributed by atoms with Gasteiger partial charge in [-0.25, -0.2) is 0 Å². The normalized spacial score (nSPS) is 12.7. The Morgan fingerprint density at radius 1 is 1.29 bits per heavy atom. The van der Waals surface area contributed by atoms with E-state index >= 15 is 0 Å². The molecule has 2 N–H and O–H groups in total. The molecule has 0 aliphatic carbocycles. The van der Waals surface area contributed by atoms with Gasteiger partial charge < -0.3 is 10.4 Å². The molecule has 0 saturated heterocycles. The van der Waals surface area contributed by atoms with Gasteiger partial charge in [-0.2, -0.15) is 0 Å². The standard InChI is InChI=1S/C14H21NO2/c1-4-15-13(9-14(17)10(2)3)11-5-7-12(16)8-6-11/h5-8,10,13,15-16H,4,9H2,1-3H3. The van der Waals surface area contributed by atoms with Crippen molar-refractivity contribution in [1.82, 2.24) is 5.32 Å². The molecule has 1 aromatic carbocycles. The summed E-state index contributed by atoms with van der Waals surface area (Å²) in [4.78, 5) is 11.8. The number of ketones is 1. The number of hydrogen-bond donors (Lipinski definition) is 2. The highest BCUT2D eigenvalue weighted by molar-refractivity contribution is 5.81. The van der Waals surface area contributed by atoms with Gasteiger partial charge in [0.05, 0.1) is 0 Å². The highest BCUT2D eigenvalue weighted by atomic mass is 16.3. The summed E-state index contributed by atoms with van der Waals surface area (Å²) in [7, 11) is 0. The molecule has 0 aromatic heterocycles. The number of Topliss-reactive ketones (excluding diaryl/α,β-unsaturated/α-hetero) is 1. The first-order chi connectivity index (χ1) is 8.04. The third-order valence-corrected chi connectivity index (χ3v) is 2.80. The summed E-state index contributed by atoms with van der Waals surface area (Å²) in [6.07, 6.45) is 0.496. The number of phenolic OH excluding ortho intramolecular Hbond substituents is 1. The lowest BCUT2D eigenvalue weighted by atomic mass is 9.96. The van der Waals surface area contributed by atoms with E-state index in [4.69, 9.17) is 0 Å². The Kier molecular flexibility index (Phi) is 5.16. The first-order valence-electron chi connectivity index (χ1n) is 6.09. The van der Waals surface area contributed by atoms with Crippen molar-refractivity contribution in [3.8, 4) is 5.75 Å². The van der Waals surface area contributed by atoms with E-state index in [9.17, 15) is 9.90 Å². The predicted octanol–water partition coefficient (Wildman–Crippen LogP) is 2.66. The summed E-state index contributed by atoms with van der Waals surface area (Å²) >= 11 is 0. The molecule has 17 heavy (non-hydrogen) atoms. The van der Waals surface area contributed by atoms with Gasteiger partial charge in [-0.05, 0) is 24.2 Å². The third-order valence-electron chi connectivity index (χ3n) is 2.80. The summed E-state index contributed by atoms with van der Waals surface area (Å²) in [6.45, 7) is 6.68. The van der Waals surface area contributed by atoms with E-state index in [1.54, 1.807) is 12.1 Å². The molecule has 94 valence electrons. The Morgan fingerprint density at radius 2 is 1.88 bits per heavy atom. The number of benzene rings is 1. The summed E-state index contributed by atoms with van der Waals surface area (Å²) in [6, 6.07) is 7.06. The van der Waals surface area contributed by atoms with Crippen molar-refractivity contribution in [2.45, 2.75) is 33.2 Å². The number of rotatable bonds is 6. The van der Waals surface area contributed by atoms with E-state index in [1.807, 2.05) is 32.9 Å². The fourth-order valence-electron chi connectivity index (χ4n) is 1.70. The smallest absolute Gasteiger partial charge is 0.137 e. The molecule has 0 saturated carbocycles. The van der Waals surface area contributed by atoms with Gasteiger partial charge >= 0.3 is 0 Å². The van der Waals surface area contributed by atoms with Gasteiger partial charge in [0.25, 0.3) is 0 Å². The van der Waals surface area contributed by atoms with Gasteiger partial charge in [-0.1, -0.05) is 32.9 Å². The van der Waals surface area contributed by atoms with E-state index < -0.39 is 0 Å². The van der Waals surface area contributed by atoms with Crippen LogP contribution in [-0.2, 0) is 4.79 Å². The molecule has 1 unspecified atom stereocenters. The van der Waals surface area contributed by atoms with Crippen molar-refractivity contribution in [2.24, 2.45) is 5.92 Å². The van der Waals surface area contributed by atoms with E-state index in [1.165, 1.54) is 0 Å². The first-order valence-corrected chi connectivity index (χ1v) is 6.09. The van der Waals surface area contributed by atoms with Crippen LogP contribution in [0.1, 0.15) is 38.8 Å². The number of hydrogen-bond acceptors (Lipinski definition) is 3. The fourth-order valence-corrected chi connectivity index (χ4v) is 1.70. The van der Waals surface area contributed by atoms with E-state index in [0.717, 1.165) is 12.1 Å². The summed E-state index contributed by atoms with van der Waals surface area (Å²) in [5, 5.41) is 12.6. The zero-order valence-electron chi connectivity index (χ0n) is 10.7. The highest BCUT2D eigenvalue weighted by Crippen LogP contribution is 2.21. The monoisotopic (exact) mass is 235 g/mol. The molecule has 0 bridgehead atoms. The Balaban J connectivity index is 2.78. The SMILES string of the molecule is CCNC(CC(=O)C(C)C)c1ccc(O)cc1. The van der Waals surface area contributed by atoms with Crippen molar-refractivity contribution in [3.63, 3.8) is 0 Å². The van der Waals surface area contributed by atoms with Gasteiger partial charge in [-0.15, -0.1) is 0 Å². The molecular formula is C14H21NO2. The zero-order valence-corrected chi connectivity index (χ0v) is 10.7. The Morgan fingerprint density at radius 3 is 2.35 bits per heavy atom. The van der Waals surface area contributed by atoms with E-state index in [2.05, 4.69) is 5.32 Å². The van der Waals surface area contributed by atoms with Crippen molar-refractivity contribution in [1.29, 1.82) is 0 Å². The van der Waals surface area contributed by atoms with Crippen LogP contribution < -0.4 is 5.32 Å². The van der Waals surface area contributed by atoms with Crippen molar-refractivity contribution >= 4 is 5.78 Å². The minimum atomic E-state index is 0.0375. The molecule has 1 aromatic rings. The lowest BCUT2D eigenvalue weighted by molar-refractivity contribution is -0.122. The maximum absolute atomic E-state index is 11.8. The number of carbonyl (C=O) groups excluding carboxylic acids is 1. The van der Waals surface area contributed by atoms with Crippen molar-refractivity contribution in [3.05, 3.63) is 29.8 Å². The summed E-state index contributed by atoms with van der Waals surface area (Å²) < 4.78 is 0. The second kappa shape index (κ2) is 6.40. The van der Waals surface area contributed by atoms with Crippen LogP contribution in [-0.4, -0.2) is 17.4 Å². The minimum absolute atomic E-state index is 0.0375. The van der Waals surface area contributed by atoms with Crippen LogP contribution in [0.4, 0.5) is 0 Å². The molecule has 0 radical (unpaired) electrons. The maximum atomic E-state index is 11.8. The molecule has 0 fully saturated rings. The maximum Gasteiger partial charge on any atom is 0.137 e. The van der Waals surface area contributed by atoms with Crippen LogP contribution in [0.25, 0.3) is 0 Å². The number of carbonyl (C=O) groups is 1. The van der Waals surface area contributed by atoms with Gasteiger partial charge in [-0.3, -0.25) is 4.79 Å². The van der Waals surface area contributed by atoms with Crippen molar-refractivity contribution < 1.29 is 9.90 Å². The zero-order chi connectivity index (χ0) is 12.8. The van der Waals surface area contributed by atoms with Gasteiger partial charge in [0.15, 0.2) is 0 Å². The van der Waals surface area contributed by atoms with Crippen LogP contribution in [0, 0.1) is 5.92 Å². The minimum Gasteiger partial charge on any atom is -0.508 e. The molecule has 3 nitrogen and oxygen atoms in total. The summed E-state index contributed by atoms with van der Waals surface area (Å²) in [5.41, 5.74) is 1.04. The lowest BCUT2D eigenvalue weighted by Crippen LogP contribution is -2.25. The first kappa shape index (κ1) is 13.7. The molecular weight excluding hydrogens is 214 g/mol. The van der Waals surface area contributed by atoms with Gasteiger partial charge in [0, 0.05) is 18.4 Å². The molecule has 0 heterocycles. The average Bonchev–Trinajstić information content (AvgIpc) is 2.29. The van der Waals surface area contributed by atoms with Crippen LogP contribution in [0.2, 0.25) is 0 Å². The fraction of sp³-hybridized carbons (Fsp3) is 0.500. The number of aromatic hydroxyl groups is 1.